The van der Waals surface area contributed by atoms with Gasteiger partial charge in [-0.1, -0.05) is 13.0 Å². The largest absolute Gasteiger partial charge is 0.467 e. The van der Waals surface area contributed by atoms with Crippen LogP contribution in [0.3, 0.4) is 0 Å². The van der Waals surface area contributed by atoms with Gasteiger partial charge in [-0.3, -0.25) is 0 Å². The van der Waals surface area contributed by atoms with E-state index in [0.717, 1.165) is 25.3 Å². The highest BCUT2D eigenvalue weighted by molar-refractivity contribution is 5.74. The average Bonchev–Trinajstić information content (AvgIpc) is 2.86. The van der Waals surface area contributed by atoms with E-state index >= 15 is 0 Å². The molecule has 1 aromatic carbocycles. The van der Waals surface area contributed by atoms with Crippen molar-refractivity contribution in [1.82, 2.24) is 5.32 Å². The fourth-order valence-electron chi connectivity index (χ4n) is 2.70. The van der Waals surface area contributed by atoms with Gasteiger partial charge in [0.2, 0.25) is 0 Å². The lowest BCUT2D eigenvalue weighted by Gasteiger charge is -2.15. The van der Waals surface area contributed by atoms with Gasteiger partial charge in [-0.05, 0) is 74.5 Å². The minimum Gasteiger partial charge on any atom is -0.467 e. The molecule has 2 rings (SSSR count). The fourth-order valence-corrected chi connectivity index (χ4v) is 2.70. The number of benzene rings is 1. The second-order valence-corrected chi connectivity index (χ2v) is 5.57. The molecule has 1 aromatic heterocycles. The Labute approximate surface area is 122 Å². The number of nitrogens with one attached hydrogen (secondary N) is 1. The van der Waals surface area contributed by atoms with E-state index < -0.39 is 0 Å². The summed E-state index contributed by atoms with van der Waals surface area (Å²) in [6, 6.07) is 4.36. The molecule has 0 amide bonds. The smallest absolute Gasteiger partial charge is 0.125 e. The van der Waals surface area contributed by atoms with Gasteiger partial charge in [-0.15, -0.1) is 0 Å². The van der Waals surface area contributed by atoms with Gasteiger partial charge in [-0.2, -0.15) is 0 Å². The topological polar surface area (TPSA) is 25.2 Å². The molecule has 1 N–H and O–H groups in total. The van der Waals surface area contributed by atoms with Crippen molar-refractivity contribution in [1.29, 1.82) is 0 Å². The molecule has 2 heteroatoms. The summed E-state index contributed by atoms with van der Waals surface area (Å²) >= 11 is 0. The molecule has 20 heavy (non-hydrogen) atoms. The molecule has 0 atom stereocenters. The second-order valence-electron chi connectivity index (χ2n) is 5.57. The Bertz CT molecular complexity index is 569. The molecule has 0 bridgehead atoms. The zero-order chi connectivity index (χ0) is 14.7. The van der Waals surface area contributed by atoms with Gasteiger partial charge in [0.15, 0.2) is 0 Å². The van der Waals surface area contributed by atoms with Crippen LogP contribution in [0.1, 0.15) is 41.4 Å². The van der Waals surface area contributed by atoms with Crippen molar-refractivity contribution in [3.63, 3.8) is 0 Å². The maximum absolute atomic E-state index is 5.69. The molecule has 0 aliphatic rings. The Morgan fingerprint density at radius 1 is 1.05 bits per heavy atom. The SMILES string of the molecule is CCCNCc1occc1-c1c(C)c(C)cc(C)c1C. The van der Waals surface area contributed by atoms with Crippen LogP contribution in [0.15, 0.2) is 22.8 Å². The molecule has 0 spiro atoms. The Hall–Kier alpha value is -1.54. The van der Waals surface area contributed by atoms with Gasteiger partial charge in [0.05, 0.1) is 12.8 Å². The van der Waals surface area contributed by atoms with Crippen LogP contribution in [-0.4, -0.2) is 6.54 Å². The van der Waals surface area contributed by atoms with Crippen molar-refractivity contribution in [3.8, 4) is 11.1 Å². The highest BCUT2D eigenvalue weighted by Crippen LogP contribution is 2.34. The number of furan rings is 1. The van der Waals surface area contributed by atoms with E-state index in [1.807, 2.05) is 0 Å². The van der Waals surface area contributed by atoms with Crippen molar-refractivity contribution >= 4 is 0 Å². The van der Waals surface area contributed by atoms with E-state index in [1.54, 1.807) is 6.26 Å². The summed E-state index contributed by atoms with van der Waals surface area (Å²) < 4.78 is 5.69. The van der Waals surface area contributed by atoms with Crippen molar-refractivity contribution in [3.05, 3.63) is 46.4 Å². The maximum Gasteiger partial charge on any atom is 0.125 e. The Morgan fingerprint density at radius 2 is 1.70 bits per heavy atom. The van der Waals surface area contributed by atoms with Crippen molar-refractivity contribution in [2.75, 3.05) is 6.54 Å². The second kappa shape index (κ2) is 6.27. The minimum absolute atomic E-state index is 0.794. The Balaban J connectivity index is 2.45. The molecule has 0 radical (unpaired) electrons. The van der Waals surface area contributed by atoms with Gasteiger partial charge in [-0.25, -0.2) is 0 Å². The maximum atomic E-state index is 5.69. The van der Waals surface area contributed by atoms with Gasteiger partial charge in [0.25, 0.3) is 0 Å². The van der Waals surface area contributed by atoms with E-state index in [9.17, 15) is 0 Å². The number of hydrogen-bond donors (Lipinski definition) is 1. The standard InChI is InChI=1S/C18H25NO/c1-6-8-19-11-17-16(7-9-20-17)18-14(4)12(2)10-13(3)15(18)5/h7,9-10,19H,6,8,11H2,1-5H3. The summed E-state index contributed by atoms with van der Waals surface area (Å²) in [7, 11) is 0. The number of aryl methyl sites for hydroxylation is 2. The lowest BCUT2D eigenvalue weighted by Crippen LogP contribution is -2.14. The lowest BCUT2D eigenvalue weighted by atomic mass is 9.90. The third kappa shape index (κ3) is 2.80. The normalized spacial score (nSPS) is 11.1. The minimum atomic E-state index is 0.794. The fraction of sp³-hybridized carbons (Fsp3) is 0.444. The first kappa shape index (κ1) is 14.9. The van der Waals surface area contributed by atoms with E-state index in [0.29, 0.717) is 0 Å². The number of rotatable bonds is 5. The molecule has 0 saturated carbocycles. The summed E-state index contributed by atoms with van der Waals surface area (Å²) in [5, 5.41) is 3.42. The zero-order valence-corrected chi connectivity index (χ0v) is 13.3. The monoisotopic (exact) mass is 271 g/mol. The first-order valence-electron chi connectivity index (χ1n) is 7.41. The predicted octanol–water partition coefficient (Wildman–Crippen LogP) is 4.68. The molecule has 0 saturated heterocycles. The average molecular weight is 271 g/mol. The van der Waals surface area contributed by atoms with Crippen LogP contribution in [0.25, 0.3) is 11.1 Å². The van der Waals surface area contributed by atoms with Crippen LogP contribution in [0.5, 0.6) is 0 Å². The highest BCUT2D eigenvalue weighted by atomic mass is 16.3. The first-order valence-corrected chi connectivity index (χ1v) is 7.41. The molecular weight excluding hydrogens is 246 g/mol. The third-order valence-corrected chi connectivity index (χ3v) is 4.09. The van der Waals surface area contributed by atoms with Crippen LogP contribution < -0.4 is 5.32 Å². The van der Waals surface area contributed by atoms with E-state index in [4.69, 9.17) is 4.42 Å². The molecule has 2 aromatic rings. The van der Waals surface area contributed by atoms with Gasteiger partial charge < -0.3 is 9.73 Å². The van der Waals surface area contributed by atoms with Gasteiger partial charge in [0.1, 0.15) is 5.76 Å². The summed E-state index contributed by atoms with van der Waals surface area (Å²) in [5.74, 6) is 1.04. The summed E-state index contributed by atoms with van der Waals surface area (Å²) in [6.07, 6.45) is 2.94. The van der Waals surface area contributed by atoms with Crippen molar-refractivity contribution in [2.45, 2.75) is 47.6 Å². The van der Waals surface area contributed by atoms with Gasteiger partial charge in [0, 0.05) is 5.56 Å². The number of hydrogen-bond acceptors (Lipinski definition) is 2. The predicted molar refractivity (Wildman–Crippen MR) is 85.1 cm³/mol. The van der Waals surface area contributed by atoms with Crippen molar-refractivity contribution < 1.29 is 4.42 Å². The molecular formula is C18H25NO. The third-order valence-electron chi connectivity index (χ3n) is 4.09. The van der Waals surface area contributed by atoms with E-state index in [1.165, 1.54) is 33.4 Å². The molecule has 0 unspecified atom stereocenters. The van der Waals surface area contributed by atoms with Crippen LogP contribution in [0, 0.1) is 27.7 Å². The Morgan fingerprint density at radius 3 is 2.30 bits per heavy atom. The van der Waals surface area contributed by atoms with Crippen molar-refractivity contribution in [2.24, 2.45) is 0 Å². The Kier molecular flexibility index (Phi) is 4.66. The van der Waals surface area contributed by atoms with E-state index in [-0.39, 0.29) is 0 Å². The molecule has 2 nitrogen and oxygen atoms in total. The van der Waals surface area contributed by atoms with Crippen LogP contribution >= 0.6 is 0 Å². The molecule has 0 aliphatic carbocycles. The van der Waals surface area contributed by atoms with E-state index in [2.05, 4.69) is 52.1 Å². The summed E-state index contributed by atoms with van der Waals surface area (Å²) in [6.45, 7) is 12.8. The lowest BCUT2D eigenvalue weighted by molar-refractivity contribution is 0.484. The highest BCUT2D eigenvalue weighted by Gasteiger charge is 2.15. The van der Waals surface area contributed by atoms with Gasteiger partial charge >= 0.3 is 0 Å². The first-order chi connectivity index (χ1) is 9.56. The van der Waals surface area contributed by atoms with Crippen LogP contribution in [0.2, 0.25) is 0 Å². The zero-order valence-electron chi connectivity index (χ0n) is 13.3. The quantitative estimate of drug-likeness (QED) is 0.799. The molecule has 0 fully saturated rings. The summed E-state index contributed by atoms with van der Waals surface area (Å²) in [5.41, 5.74) is 7.96. The van der Waals surface area contributed by atoms with Crippen LogP contribution in [-0.2, 0) is 6.54 Å². The molecule has 0 aliphatic heterocycles. The molecule has 108 valence electrons. The van der Waals surface area contributed by atoms with Crippen LogP contribution in [0.4, 0.5) is 0 Å². The molecule has 1 heterocycles. The summed E-state index contributed by atoms with van der Waals surface area (Å²) in [4.78, 5) is 0.